The molecule has 1 aliphatic heterocycles. The third kappa shape index (κ3) is 2.10. The van der Waals surface area contributed by atoms with Crippen molar-refractivity contribution in [2.24, 2.45) is 0 Å². The first-order valence-electron chi connectivity index (χ1n) is 5.62. The predicted molar refractivity (Wildman–Crippen MR) is 60.7 cm³/mol. The summed E-state index contributed by atoms with van der Waals surface area (Å²) < 4.78 is 0. The fourth-order valence-corrected chi connectivity index (χ4v) is 2.41. The maximum Gasteiger partial charge on any atom is 0.122 e. The molecule has 2 nitrogen and oxygen atoms in total. The van der Waals surface area contributed by atoms with Crippen LogP contribution in [0.1, 0.15) is 31.2 Å². The Bertz CT molecular complexity index is 315. The lowest BCUT2D eigenvalue weighted by molar-refractivity contribution is -0.109. The Balaban J connectivity index is 2.29. The highest BCUT2D eigenvalue weighted by atomic mass is 16.1. The van der Waals surface area contributed by atoms with Crippen LogP contribution in [0.5, 0.6) is 0 Å². The SMILES string of the molecule is O=CCC1(c2ccccc2)CCCCN1. The molecule has 0 spiro atoms. The van der Waals surface area contributed by atoms with Crippen molar-refractivity contribution < 1.29 is 4.79 Å². The number of hydrogen-bond donors (Lipinski definition) is 1. The topological polar surface area (TPSA) is 29.1 Å². The Morgan fingerprint density at radius 2 is 2.07 bits per heavy atom. The average molecular weight is 203 g/mol. The minimum absolute atomic E-state index is 0.0960. The van der Waals surface area contributed by atoms with Crippen LogP contribution >= 0.6 is 0 Å². The quantitative estimate of drug-likeness (QED) is 0.763. The molecule has 0 bridgehead atoms. The smallest absolute Gasteiger partial charge is 0.122 e. The fourth-order valence-electron chi connectivity index (χ4n) is 2.41. The molecule has 1 heterocycles. The second kappa shape index (κ2) is 4.58. The van der Waals surface area contributed by atoms with Gasteiger partial charge in [-0.3, -0.25) is 0 Å². The van der Waals surface area contributed by atoms with E-state index in [1.807, 2.05) is 18.2 Å². The van der Waals surface area contributed by atoms with Crippen molar-refractivity contribution >= 4 is 6.29 Å². The Morgan fingerprint density at radius 3 is 2.67 bits per heavy atom. The molecule has 15 heavy (non-hydrogen) atoms. The molecule has 1 aliphatic rings. The van der Waals surface area contributed by atoms with Gasteiger partial charge in [0.2, 0.25) is 0 Å². The van der Waals surface area contributed by atoms with E-state index >= 15 is 0 Å². The van der Waals surface area contributed by atoms with Crippen LogP contribution in [0.3, 0.4) is 0 Å². The van der Waals surface area contributed by atoms with Crippen molar-refractivity contribution in [3.63, 3.8) is 0 Å². The molecular weight excluding hydrogens is 186 g/mol. The van der Waals surface area contributed by atoms with Gasteiger partial charge in [-0.1, -0.05) is 30.3 Å². The van der Waals surface area contributed by atoms with E-state index in [2.05, 4.69) is 17.4 Å². The molecule has 0 amide bonds. The number of carbonyl (C=O) groups excluding carboxylic acids is 1. The second-order valence-corrected chi connectivity index (χ2v) is 4.20. The number of carbonyl (C=O) groups is 1. The number of nitrogens with one attached hydrogen (secondary N) is 1. The van der Waals surface area contributed by atoms with Gasteiger partial charge < -0.3 is 10.1 Å². The van der Waals surface area contributed by atoms with E-state index in [4.69, 9.17) is 0 Å². The highest BCUT2D eigenvalue weighted by molar-refractivity contribution is 5.53. The first kappa shape index (κ1) is 10.4. The van der Waals surface area contributed by atoms with Gasteiger partial charge in [0.15, 0.2) is 0 Å². The lowest BCUT2D eigenvalue weighted by Gasteiger charge is -2.37. The maximum atomic E-state index is 10.8. The van der Waals surface area contributed by atoms with Gasteiger partial charge in [-0.15, -0.1) is 0 Å². The molecule has 1 fully saturated rings. The minimum atomic E-state index is -0.0960. The molecule has 1 atom stereocenters. The number of piperidine rings is 1. The zero-order valence-corrected chi connectivity index (χ0v) is 8.91. The van der Waals surface area contributed by atoms with Crippen molar-refractivity contribution in [2.45, 2.75) is 31.2 Å². The molecule has 1 aromatic rings. The van der Waals surface area contributed by atoms with Crippen molar-refractivity contribution in [3.8, 4) is 0 Å². The number of benzene rings is 1. The molecule has 1 N–H and O–H groups in total. The van der Waals surface area contributed by atoms with Crippen molar-refractivity contribution in [1.29, 1.82) is 0 Å². The molecule has 1 unspecified atom stereocenters. The third-order valence-corrected chi connectivity index (χ3v) is 3.25. The van der Waals surface area contributed by atoms with Crippen LogP contribution in [-0.2, 0) is 10.3 Å². The van der Waals surface area contributed by atoms with Crippen molar-refractivity contribution in [3.05, 3.63) is 35.9 Å². The van der Waals surface area contributed by atoms with E-state index in [-0.39, 0.29) is 5.54 Å². The molecule has 0 aromatic heterocycles. The predicted octanol–water partition coefficient (Wildman–Crippen LogP) is 2.24. The highest BCUT2D eigenvalue weighted by Crippen LogP contribution is 2.32. The van der Waals surface area contributed by atoms with E-state index in [1.165, 1.54) is 18.4 Å². The van der Waals surface area contributed by atoms with Crippen molar-refractivity contribution in [1.82, 2.24) is 5.32 Å². The summed E-state index contributed by atoms with van der Waals surface area (Å²) in [6.07, 6.45) is 5.10. The zero-order chi connectivity index (χ0) is 10.6. The van der Waals surface area contributed by atoms with Gasteiger partial charge in [-0.25, -0.2) is 0 Å². The molecule has 2 heteroatoms. The molecule has 2 rings (SSSR count). The van der Waals surface area contributed by atoms with E-state index in [9.17, 15) is 4.79 Å². The molecule has 0 aliphatic carbocycles. The summed E-state index contributed by atoms with van der Waals surface area (Å²) in [5.41, 5.74) is 1.15. The number of hydrogen-bond acceptors (Lipinski definition) is 2. The van der Waals surface area contributed by atoms with Crippen LogP contribution < -0.4 is 5.32 Å². The van der Waals surface area contributed by atoms with Crippen LogP contribution in [0, 0.1) is 0 Å². The Morgan fingerprint density at radius 1 is 1.27 bits per heavy atom. The first-order valence-corrected chi connectivity index (χ1v) is 5.62. The van der Waals surface area contributed by atoms with Crippen LogP contribution in [-0.4, -0.2) is 12.8 Å². The van der Waals surface area contributed by atoms with E-state index in [0.29, 0.717) is 6.42 Å². The Hall–Kier alpha value is -1.15. The minimum Gasteiger partial charge on any atom is -0.307 e. The fraction of sp³-hybridized carbons (Fsp3) is 0.462. The molecule has 1 aromatic carbocycles. The molecule has 0 saturated carbocycles. The van der Waals surface area contributed by atoms with Crippen LogP contribution in [0.2, 0.25) is 0 Å². The maximum absolute atomic E-state index is 10.8. The van der Waals surface area contributed by atoms with Crippen LogP contribution in [0.15, 0.2) is 30.3 Å². The summed E-state index contributed by atoms with van der Waals surface area (Å²) in [5.74, 6) is 0. The van der Waals surface area contributed by atoms with Gasteiger partial charge >= 0.3 is 0 Å². The largest absolute Gasteiger partial charge is 0.307 e. The first-order chi connectivity index (χ1) is 7.37. The summed E-state index contributed by atoms with van der Waals surface area (Å²) >= 11 is 0. The van der Waals surface area contributed by atoms with Gasteiger partial charge in [0.25, 0.3) is 0 Å². The monoisotopic (exact) mass is 203 g/mol. The Kier molecular flexibility index (Phi) is 3.17. The van der Waals surface area contributed by atoms with Crippen LogP contribution in [0.4, 0.5) is 0 Å². The lowest BCUT2D eigenvalue weighted by atomic mass is 9.80. The molecule has 1 saturated heterocycles. The van der Waals surface area contributed by atoms with Gasteiger partial charge in [0, 0.05) is 6.42 Å². The number of rotatable bonds is 3. The average Bonchev–Trinajstić information content (AvgIpc) is 2.32. The van der Waals surface area contributed by atoms with E-state index in [0.717, 1.165) is 19.3 Å². The van der Waals surface area contributed by atoms with Gasteiger partial charge in [0.05, 0.1) is 5.54 Å². The zero-order valence-electron chi connectivity index (χ0n) is 8.91. The van der Waals surface area contributed by atoms with Gasteiger partial charge in [0.1, 0.15) is 6.29 Å². The lowest BCUT2D eigenvalue weighted by Crippen LogP contribution is -2.46. The third-order valence-electron chi connectivity index (χ3n) is 3.25. The molecule has 0 radical (unpaired) electrons. The van der Waals surface area contributed by atoms with E-state index < -0.39 is 0 Å². The summed E-state index contributed by atoms with van der Waals surface area (Å²) in [5, 5.41) is 3.52. The normalized spacial score (nSPS) is 26.1. The summed E-state index contributed by atoms with van der Waals surface area (Å²) in [6, 6.07) is 10.3. The summed E-state index contributed by atoms with van der Waals surface area (Å²) in [6.45, 7) is 1.02. The second-order valence-electron chi connectivity index (χ2n) is 4.20. The molecule has 80 valence electrons. The standard InChI is InChI=1S/C13H17NO/c15-11-9-13(8-4-5-10-14-13)12-6-2-1-3-7-12/h1-3,6-7,11,14H,4-5,8-10H2. The van der Waals surface area contributed by atoms with Gasteiger partial charge in [-0.2, -0.15) is 0 Å². The summed E-state index contributed by atoms with van der Waals surface area (Å²) in [7, 11) is 0. The van der Waals surface area contributed by atoms with Crippen LogP contribution in [0.25, 0.3) is 0 Å². The highest BCUT2D eigenvalue weighted by Gasteiger charge is 2.32. The summed E-state index contributed by atoms with van der Waals surface area (Å²) in [4.78, 5) is 10.8. The Labute approximate surface area is 90.7 Å². The van der Waals surface area contributed by atoms with Crippen molar-refractivity contribution in [2.75, 3.05) is 6.54 Å². The van der Waals surface area contributed by atoms with E-state index in [1.54, 1.807) is 0 Å². The molecular formula is C13H17NO. The number of aldehydes is 1. The van der Waals surface area contributed by atoms with Gasteiger partial charge in [-0.05, 0) is 31.4 Å².